The number of ether oxygens (including phenoxy) is 1. The first-order valence-corrected chi connectivity index (χ1v) is 8.58. The Balaban J connectivity index is 1.63. The van der Waals surface area contributed by atoms with Gasteiger partial charge in [-0.05, 0) is 29.8 Å². The molecule has 2 heterocycles. The van der Waals surface area contributed by atoms with Crippen LogP contribution in [0.5, 0.6) is 5.75 Å². The van der Waals surface area contributed by atoms with Crippen molar-refractivity contribution >= 4 is 22.5 Å². The zero-order valence-electron chi connectivity index (χ0n) is 14.9. The minimum absolute atomic E-state index is 0.366. The Bertz CT molecular complexity index is 1070. The summed E-state index contributed by atoms with van der Waals surface area (Å²) in [7, 11) is 1.65. The number of pyridine rings is 1. The molecule has 0 aliphatic heterocycles. The lowest BCUT2D eigenvalue weighted by Gasteiger charge is -2.11. The fourth-order valence-electron chi connectivity index (χ4n) is 2.91. The molecule has 0 saturated carbocycles. The molecule has 0 fully saturated rings. The fraction of sp³-hybridized carbons (Fsp3) is 0.0952. The predicted molar refractivity (Wildman–Crippen MR) is 108 cm³/mol. The average Bonchev–Trinajstić information content (AvgIpc) is 2.73. The quantitative estimate of drug-likeness (QED) is 0.563. The van der Waals surface area contributed by atoms with Crippen LogP contribution in [0.4, 0.5) is 11.6 Å². The van der Waals surface area contributed by atoms with E-state index in [0.717, 1.165) is 33.5 Å². The van der Waals surface area contributed by atoms with Gasteiger partial charge in [0.2, 0.25) is 0 Å². The van der Waals surface area contributed by atoms with Crippen molar-refractivity contribution in [3.05, 3.63) is 72.6 Å². The molecule has 0 atom stereocenters. The molecule has 2 aromatic carbocycles. The van der Waals surface area contributed by atoms with Gasteiger partial charge in [0.15, 0.2) is 11.6 Å². The lowest BCUT2D eigenvalue weighted by Crippen LogP contribution is -2.07. The molecular weight excluding hydrogens is 338 g/mol. The van der Waals surface area contributed by atoms with E-state index in [4.69, 9.17) is 15.5 Å². The van der Waals surface area contributed by atoms with Crippen LogP contribution in [0.3, 0.4) is 0 Å². The highest BCUT2D eigenvalue weighted by Gasteiger charge is 2.10. The Hall–Kier alpha value is -3.67. The van der Waals surface area contributed by atoms with E-state index in [1.165, 1.54) is 0 Å². The van der Waals surface area contributed by atoms with Crippen LogP contribution in [-0.4, -0.2) is 22.1 Å². The van der Waals surface area contributed by atoms with E-state index in [1.807, 2.05) is 54.6 Å². The molecule has 0 saturated heterocycles. The first-order valence-electron chi connectivity index (χ1n) is 8.58. The Morgan fingerprint density at radius 1 is 1.00 bits per heavy atom. The standard InChI is InChI=1S/C21H19N5O/c1-27-15-9-7-14(8-10-15)12-25-21-20(22)24-13-19(26-21)17-4-2-6-18-16(17)5-3-11-23-18/h2-11,13H,12H2,1H3,(H2,22,24)(H,25,26). The zero-order chi connectivity index (χ0) is 18.6. The van der Waals surface area contributed by atoms with E-state index < -0.39 is 0 Å². The van der Waals surface area contributed by atoms with Crippen molar-refractivity contribution in [3.8, 4) is 17.0 Å². The van der Waals surface area contributed by atoms with Gasteiger partial charge in [0.1, 0.15) is 5.75 Å². The molecule has 0 radical (unpaired) electrons. The van der Waals surface area contributed by atoms with Gasteiger partial charge in [-0.25, -0.2) is 9.97 Å². The number of benzene rings is 2. The summed E-state index contributed by atoms with van der Waals surface area (Å²) in [6.45, 7) is 0.587. The normalized spacial score (nSPS) is 10.7. The van der Waals surface area contributed by atoms with E-state index in [-0.39, 0.29) is 0 Å². The monoisotopic (exact) mass is 357 g/mol. The maximum Gasteiger partial charge on any atom is 0.169 e. The van der Waals surface area contributed by atoms with Crippen LogP contribution in [0.2, 0.25) is 0 Å². The van der Waals surface area contributed by atoms with Gasteiger partial charge in [0.05, 0.1) is 24.5 Å². The Morgan fingerprint density at radius 2 is 1.85 bits per heavy atom. The maximum atomic E-state index is 6.02. The van der Waals surface area contributed by atoms with Gasteiger partial charge in [-0.3, -0.25) is 4.98 Å². The summed E-state index contributed by atoms with van der Waals surface area (Å²) in [6.07, 6.45) is 3.47. The maximum absolute atomic E-state index is 6.02. The summed E-state index contributed by atoms with van der Waals surface area (Å²) < 4.78 is 5.18. The van der Waals surface area contributed by atoms with Crippen molar-refractivity contribution in [2.75, 3.05) is 18.2 Å². The number of anilines is 2. The highest BCUT2D eigenvalue weighted by atomic mass is 16.5. The molecule has 27 heavy (non-hydrogen) atoms. The summed E-state index contributed by atoms with van der Waals surface area (Å²) in [5.74, 6) is 1.75. The van der Waals surface area contributed by atoms with Crippen molar-refractivity contribution in [1.29, 1.82) is 0 Å². The second-order valence-corrected chi connectivity index (χ2v) is 6.07. The Labute approximate surface area is 157 Å². The first-order chi connectivity index (χ1) is 13.2. The number of hydrogen-bond donors (Lipinski definition) is 2. The number of hydrogen-bond acceptors (Lipinski definition) is 6. The smallest absolute Gasteiger partial charge is 0.169 e. The third-order valence-corrected chi connectivity index (χ3v) is 4.34. The SMILES string of the molecule is COc1ccc(CNc2nc(-c3cccc4ncccc34)cnc2N)cc1. The molecule has 0 aliphatic rings. The van der Waals surface area contributed by atoms with Crippen LogP contribution in [0.1, 0.15) is 5.56 Å². The topological polar surface area (TPSA) is 86.0 Å². The Morgan fingerprint density at radius 3 is 2.67 bits per heavy atom. The van der Waals surface area contributed by atoms with E-state index in [2.05, 4.69) is 15.3 Å². The zero-order valence-corrected chi connectivity index (χ0v) is 14.9. The minimum atomic E-state index is 0.366. The third-order valence-electron chi connectivity index (χ3n) is 4.34. The van der Waals surface area contributed by atoms with Gasteiger partial charge in [0, 0.05) is 23.7 Å². The molecule has 0 bridgehead atoms. The van der Waals surface area contributed by atoms with E-state index in [9.17, 15) is 0 Å². The molecule has 0 amide bonds. The number of rotatable bonds is 5. The van der Waals surface area contributed by atoms with Gasteiger partial charge in [-0.2, -0.15) is 0 Å². The van der Waals surface area contributed by atoms with Crippen LogP contribution in [0, 0.1) is 0 Å². The van der Waals surface area contributed by atoms with Gasteiger partial charge in [0.25, 0.3) is 0 Å². The Kier molecular flexibility index (Phi) is 4.53. The lowest BCUT2D eigenvalue weighted by molar-refractivity contribution is 0.414. The van der Waals surface area contributed by atoms with Crippen molar-refractivity contribution in [1.82, 2.24) is 15.0 Å². The summed E-state index contributed by atoms with van der Waals surface area (Å²) in [6, 6.07) is 17.7. The van der Waals surface area contributed by atoms with Crippen LogP contribution < -0.4 is 15.8 Å². The molecule has 6 heteroatoms. The van der Waals surface area contributed by atoms with Gasteiger partial charge in [-0.1, -0.05) is 30.3 Å². The van der Waals surface area contributed by atoms with Crippen molar-refractivity contribution < 1.29 is 4.74 Å². The predicted octanol–water partition coefficient (Wildman–Crippen LogP) is 3.89. The van der Waals surface area contributed by atoms with Crippen molar-refractivity contribution in [2.45, 2.75) is 6.54 Å². The highest BCUT2D eigenvalue weighted by Crippen LogP contribution is 2.28. The largest absolute Gasteiger partial charge is 0.497 e. The summed E-state index contributed by atoms with van der Waals surface area (Å²) in [5, 5.41) is 4.30. The van der Waals surface area contributed by atoms with Gasteiger partial charge in [-0.15, -0.1) is 0 Å². The molecular formula is C21H19N5O. The van der Waals surface area contributed by atoms with Crippen LogP contribution in [-0.2, 0) is 6.54 Å². The second-order valence-electron chi connectivity index (χ2n) is 6.07. The van der Waals surface area contributed by atoms with E-state index in [1.54, 1.807) is 19.5 Å². The molecule has 134 valence electrons. The summed E-state index contributed by atoms with van der Waals surface area (Å²) >= 11 is 0. The molecule has 0 aliphatic carbocycles. The molecule has 0 spiro atoms. The highest BCUT2D eigenvalue weighted by molar-refractivity contribution is 5.93. The number of nitrogens with zero attached hydrogens (tertiary/aromatic N) is 3. The number of nitrogens with one attached hydrogen (secondary N) is 1. The van der Waals surface area contributed by atoms with Crippen molar-refractivity contribution in [2.24, 2.45) is 0 Å². The lowest BCUT2D eigenvalue weighted by atomic mass is 10.1. The number of fused-ring (bicyclic) bond motifs is 1. The molecule has 4 rings (SSSR count). The number of nitrogens with two attached hydrogens (primary N) is 1. The van der Waals surface area contributed by atoms with Gasteiger partial charge < -0.3 is 15.8 Å². The minimum Gasteiger partial charge on any atom is -0.497 e. The molecule has 6 nitrogen and oxygen atoms in total. The number of methoxy groups -OCH3 is 1. The number of aromatic nitrogens is 3. The van der Waals surface area contributed by atoms with Gasteiger partial charge >= 0.3 is 0 Å². The van der Waals surface area contributed by atoms with E-state index >= 15 is 0 Å². The average molecular weight is 357 g/mol. The summed E-state index contributed by atoms with van der Waals surface area (Å²) in [4.78, 5) is 13.4. The third kappa shape index (κ3) is 3.50. The first kappa shape index (κ1) is 16.8. The molecule has 4 aromatic rings. The molecule has 0 unspecified atom stereocenters. The van der Waals surface area contributed by atoms with Crippen LogP contribution in [0.25, 0.3) is 22.2 Å². The number of nitrogen functional groups attached to an aromatic ring is 1. The van der Waals surface area contributed by atoms with Crippen LogP contribution in [0.15, 0.2) is 67.0 Å². The molecule has 2 aromatic heterocycles. The fourth-order valence-corrected chi connectivity index (χ4v) is 2.91. The second kappa shape index (κ2) is 7.29. The molecule has 3 N–H and O–H groups in total. The van der Waals surface area contributed by atoms with Crippen LogP contribution >= 0.6 is 0 Å². The summed E-state index contributed by atoms with van der Waals surface area (Å²) in [5.41, 5.74) is 9.76. The van der Waals surface area contributed by atoms with Crippen molar-refractivity contribution in [3.63, 3.8) is 0 Å². The van der Waals surface area contributed by atoms with E-state index in [0.29, 0.717) is 18.2 Å².